The molecule has 1 amide bonds. The highest BCUT2D eigenvalue weighted by molar-refractivity contribution is 6.31. The zero-order chi connectivity index (χ0) is 20.0. The summed E-state index contributed by atoms with van der Waals surface area (Å²) >= 11 is 5.98. The Balaban J connectivity index is 2.39. The number of carbonyl (C=O) groups is 1. The van der Waals surface area contributed by atoms with Crippen LogP contribution >= 0.6 is 11.6 Å². The standard InChI is InChI=1S/C21H21ClN2O3/c1-13(2)27-20-15(6-5-7-19(20)26-4)10-16(12-23)21(25)24-18-11-17(22)9-8-14(18)3/h5-11,13H,1-4H3,(H,24,25)/b16-10+. The molecule has 0 aliphatic carbocycles. The highest BCUT2D eigenvalue weighted by Crippen LogP contribution is 2.33. The minimum absolute atomic E-state index is 0.0590. The van der Waals surface area contributed by atoms with E-state index in [1.54, 1.807) is 36.4 Å². The lowest BCUT2D eigenvalue weighted by Crippen LogP contribution is -2.14. The fourth-order valence-corrected chi connectivity index (χ4v) is 2.56. The molecule has 140 valence electrons. The van der Waals surface area contributed by atoms with E-state index in [0.717, 1.165) is 5.56 Å². The van der Waals surface area contributed by atoms with E-state index in [2.05, 4.69) is 5.32 Å². The molecule has 5 nitrogen and oxygen atoms in total. The molecule has 0 heterocycles. The van der Waals surface area contributed by atoms with Crippen LogP contribution in [0, 0.1) is 18.3 Å². The third-order valence-corrected chi connectivity index (χ3v) is 3.93. The van der Waals surface area contributed by atoms with Gasteiger partial charge < -0.3 is 14.8 Å². The van der Waals surface area contributed by atoms with Gasteiger partial charge in [0.2, 0.25) is 0 Å². The van der Waals surface area contributed by atoms with Crippen LogP contribution in [0.3, 0.4) is 0 Å². The summed E-state index contributed by atoms with van der Waals surface area (Å²) in [6.07, 6.45) is 1.39. The lowest BCUT2D eigenvalue weighted by atomic mass is 10.1. The molecular formula is C21H21ClN2O3. The summed E-state index contributed by atoms with van der Waals surface area (Å²) in [5.74, 6) is 0.483. The van der Waals surface area contributed by atoms with Crippen LogP contribution in [-0.4, -0.2) is 19.1 Å². The summed E-state index contributed by atoms with van der Waals surface area (Å²) in [6, 6.07) is 12.4. The Kier molecular flexibility index (Phi) is 6.86. The average Bonchev–Trinajstić information content (AvgIpc) is 2.63. The molecule has 2 aromatic rings. The van der Waals surface area contributed by atoms with E-state index >= 15 is 0 Å². The number of nitrogens with zero attached hydrogens (tertiary/aromatic N) is 1. The first-order valence-electron chi connectivity index (χ1n) is 8.38. The van der Waals surface area contributed by atoms with Crippen molar-refractivity contribution in [2.75, 3.05) is 12.4 Å². The Morgan fingerprint density at radius 1 is 1.30 bits per heavy atom. The van der Waals surface area contributed by atoms with Crippen molar-refractivity contribution in [2.45, 2.75) is 26.9 Å². The molecule has 0 atom stereocenters. The Hall–Kier alpha value is -2.97. The number of anilines is 1. The number of nitriles is 1. The third-order valence-electron chi connectivity index (χ3n) is 3.70. The minimum atomic E-state index is -0.527. The second-order valence-electron chi connectivity index (χ2n) is 6.13. The van der Waals surface area contributed by atoms with E-state index in [0.29, 0.717) is 27.8 Å². The van der Waals surface area contributed by atoms with Gasteiger partial charge in [-0.1, -0.05) is 29.8 Å². The summed E-state index contributed by atoms with van der Waals surface area (Å²) in [5, 5.41) is 12.7. The second-order valence-corrected chi connectivity index (χ2v) is 6.56. The number of carbonyl (C=O) groups excluding carboxylic acids is 1. The van der Waals surface area contributed by atoms with Crippen molar-refractivity contribution in [1.29, 1.82) is 5.26 Å². The molecule has 0 fully saturated rings. The molecular weight excluding hydrogens is 364 g/mol. The van der Waals surface area contributed by atoms with Gasteiger partial charge in [0, 0.05) is 16.3 Å². The van der Waals surface area contributed by atoms with Gasteiger partial charge >= 0.3 is 0 Å². The van der Waals surface area contributed by atoms with Crippen LogP contribution in [-0.2, 0) is 4.79 Å². The summed E-state index contributed by atoms with van der Waals surface area (Å²) in [5.41, 5.74) is 1.92. The Morgan fingerprint density at radius 2 is 2.04 bits per heavy atom. The van der Waals surface area contributed by atoms with Gasteiger partial charge in [0.25, 0.3) is 5.91 Å². The molecule has 0 saturated carbocycles. The smallest absolute Gasteiger partial charge is 0.266 e. The number of methoxy groups -OCH3 is 1. The highest BCUT2D eigenvalue weighted by atomic mass is 35.5. The molecule has 2 aromatic carbocycles. The number of rotatable bonds is 6. The number of aryl methyl sites for hydroxylation is 1. The first-order chi connectivity index (χ1) is 12.8. The van der Waals surface area contributed by atoms with E-state index in [1.165, 1.54) is 13.2 Å². The number of halogens is 1. The maximum absolute atomic E-state index is 12.6. The highest BCUT2D eigenvalue weighted by Gasteiger charge is 2.15. The fraction of sp³-hybridized carbons (Fsp3) is 0.238. The summed E-state index contributed by atoms with van der Waals surface area (Å²) in [7, 11) is 1.54. The molecule has 2 rings (SSSR count). The van der Waals surface area contributed by atoms with Crippen molar-refractivity contribution in [3.63, 3.8) is 0 Å². The van der Waals surface area contributed by atoms with Gasteiger partial charge in [-0.25, -0.2) is 0 Å². The van der Waals surface area contributed by atoms with E-state index in [9.17, 15) is 10.1 Å². The fourth-order valence-electron chi connectivity index (χ4n) is 2.39. The van der Waals surface area contributed by atoms with E-state index in [4.69, 9.17) is 21.1 Å². The largest absolute Gasteiger partial charge is 0.493 e. The monoisotopic (exact) mass is 384 g/mol. The zero-order valence-electron chi connectivity index (χ0n) is 15.7. The summed E-state index contributed by atoms with van der Waals surface area (Å²) < 4.78 is 11.2. The van der Waals surface area contributed by atoms with E-state index in [1.807, 2.05) is 26.8 Å². The molecule has 0 aliphatic rings. The van der Waals surface area contributed by atoms with Gasteiger partial charge in [0.15, 0.2) is 11.5 Å². The van der Waals surface area contributed by atoms with Gasteiger partial charge in [0.05, 0.1) is 13.2 Å². The molecule has 6 heteroatoms. The molecule has 0 bridgehead atoms. The SMILES string of the molecule is COc1cccc(/C=C(\C#N)C(=O)Nc2cc(Cl)ccc2C)c1OC(C)C. The predicted molar refractivity (Wildman–Crippen MR) is 107 cm³/mol. The van der Waals surface area contributed by atoms with Crippen molar-refractivity contribution in [3.05, 3.63) is 58.1 Å². The molecule has 27 heavy (non-hydrogen) atoms. The average molecular weight is 385 g/mol. The lowest BCUT2D eigenvalue weighted by molar-refractivity contribution is -0.112. The molecule has 1 N–H and O–H groups in total. The molecule has 0 radical (unpaired) electrons. The molecule has 0 unspecified atom stereocenters. The maximum Gasteiger partial charge on any atom is 0.266 e. The van der Waals surface area contributed by atoms with Crippen LogP contribution in [0.4, 0.5) is 5.69 Å². The summed E-state index contributed by atoms with van der Waals surface area (Å²) in [6.45, 7) is 5.62. The lowest BCUT2D eigenvalue weighted by Gasteiger charge is -2.16. The minimum Gasteiger partial charge on any atom is -0.493 e. The van der Waals surface area contributed by atoms with Crippen molar-refractivity contribution in [2.24, 2.45) is 0 Å². The number of amides is 1. The zero-order valence-corrected chi connectivity index (χ0v) is 16.4. The van der Waals surface area contributed by atoms with Crippen molar-refractivity contribution < 1.29 is 14.3 Å². The third kappa shape index (κ3) is 5.25. The van der Waals surface area contributed by atoms with Crippen LogP contribution in [0.5, 0.6) is 11.5 Å². The number of para-hydroxylation sites is 1. The Morgan fingerprint density at radius 3 is 2.67 bits per heavy atom. The number of nitrogens with one attached hydrogen (secondary N) is 1. The molecule has 0 spiro atoms. The number of hydrogen-bond donors (Lipinski definition) is 1. The Labute approximate surface area is 164 Å². The van der Waals surface area contributed by atoms with Crippen molar-refractivity contribution in [3.8, 4) is 17.6 Å². The first-order valence-corrected chi connectivity index (χ1v) is 8.76. The first kappa shape index (κ1) is 20.3. The van der Waals surface area contributed by atoms with Gasteiger partial charge in [-0.05, 0) is 50.6 Å². The van der Waals surface area contributed by atoms with E-state index in [-0.39, 0.29) is 11.7 Å². The normalized spacial score (nSPS) is 11.1. The number of hydrogen-bond acceptors (Lipinski definition) is 4. The molecule has 0 aromatic heterocycles. The molecule has 0 aliphatic heterocycles. The molecule has 0 saturated heterocycles. The summed E-state index contributed by atoms with van der Waals surface area (Å²) in [4.78, 5) is 12.6. The van der Waals surface area contributed by atoms with Crippen LogP contribution in [0.15, 0.2) is 42.0 Å². The van der Waals surface area contributed by atoms with Gasteiger partial charge in [-0.15, -0.1) is 0 Å². The van der Waals surface area contributed by atoms with Crippen LogP contribution in [0.2, 0.25) is 5.02 Å². The Bertz CT molecular complexity index is 914. The predicted octanol–water partition coefficient (Wildman–Crippen LogP) is 4.99. The van der Waals surface area contributed by atoms with Crippen LogP contribution < -0.4 is 14.8 Å². The second kappa shape index (κ2) is 9.11. The number of ether oxygens (including phenoxy) is 2. The van der Waals surface area contributed by atoms with Crippen molar-refractivity contribution in [1.82, 2.24) is 0 Å². The topological polar surface area (TPSA) is 71.3 Å². The quantitative estimate of drug-likeness (QED) is 0.562. The van der Waals surface area contributed by atoms with Crippen LogP contribution in [0.1, 0.15) is 25.0 Å². The van der Waals surface area contributed by atoms with Crippen molar-refractivity contribution >= 4 is 29.3 Å². The van der Waals surface area contributed by atoms with Gasteiger partial charge in [-0.3, -0.25) is 4.79 Å². The number of benzene rings is 2. The van der Waals surface area contributed by atoms with Crippen LogP contribution in [0.25, 0.3) is 6.08 Å². The maximum atomic E-state index is 12.6. The van der Waals surface area contributed by atoms with E-state index < -0.39 is 5.91 Å². The van der Waals surface area contributed by atoms with Gasteiger partial charge in [-0.2, -0.15) is 5.26 Å². The van der Waals surface area contributed by atoms with Gasteiger partial charge in [0.1, 0.15) is 11.6 Å².